The zero-order chi connectivity index (χ0) is 19.2. The third kappa shape index (κ3) is 3.76. The molecule has 4 heterocycles. The molecular formula is C23H29N5O. The number of piperidine rings is 1. The van der Waals surface area contributed by atoms with Crippen LogP contribution in [0.1, 0.15) is 37.3 Å². The molecule has 2 aromatic heterocycles. The Morgan fingerprint density at radius 1 is 0.966 bits per heavy atom. The Balaban J connectivity index is 1.01. The minimum Gasteiger partial charge on any atom is -0.381 e. The van der Waals surface area contributed by atoms with E-state index in [0.29, 0.717) is 12.0 Å². The highest BCUT2D eigenvalue weighted by atomic mass is 16.5. The van der Waals surface area contributed by atoms with Gasteiger partial charge in [0.05, 0.1) is 5.69 Å². The van der Waals surface area contributed by atoms with Crippen molar-refractivity contribution < 1.29 is 4.74 Å². The largest absolute Gasteiger partial charge is 0.381 e. The number of likely N-dealkylation sites (tertiary alicyclic amines) is 1. The number of ether oxygens (including phenoxy) is 1. The Hall–Kier alpha value is -2.05. The van der Waals surface area contributed by atoms with Crippen LogP contribution in [0.5, 0.6) is 0 Å². The first kappa shape index (κ1) is 17.8. The first-order chi connectivity index (χ1) is 14.3. The van der Waals surface area contributed by atoms with E-state index < -0.39 is 0 Å². The Morgan fingerprint density at radius 3 is 2.45 bits per heavy atom. The molecule has 4 fully saturated rings. The summed E-state index contributed by atoms with van der Waals surface area (Å²) < 4.78 is 5.49. The molecule has 0 radical (unpaired) electrons. The average molecular weight is 392 g/mol. The number of fused-ring (bicyclic) bond motifs is 1. The van der Waals surface area contributed by atoms with Gasteiger partial charge in [-0.1, -0.05) is 0 Å². The van der Waals surface area contributed by atoms with Crippen molar-refractivity contribution in [2.24, 2.45) is 17.8 Å². The molecule has 6 rings (SSSR count). The summed E-state index contributed by atoms with van der Waals surface area (Å²) in [5, 5.41) is 12.5. The number of hydrogen-bond acceptors (Lipinski definition) is 6. The van der Waals surface area contributed by atoms with E-state index in [1.165, 1.54) is 51.0 Å². The lowest BCUT2D eigenvalue weighted by atomic mass is 10.00. The van der Waals surface area contributed by atoms with Gasteiger partial charge in [0.15, 0.2) is 0 Å². The van der Waals surface area contributed by atoms with Crippen molar-refractivity contribution in [1.29, 1.82) is 0 Å². The first-order valence-electron chi connectivity index (χ1n) is 11.2. The van der Waals surface area contributed by atoms with Gasteiger partial charge in [-0.05, 0) is 67.7 Å². The summed E-state index contributed by atoms with van der Waals surface area (Å²) in [7, 11) is 0. The van der Waals surface area contributed by atoms with E-state index in [2.05, 4.69) is 49.7 Å². The summed E-state index contributed by atoms with van der Waals surface area (Å²) >= 11 is 0. The lowest BCUT2D eigenvalue weighted by Gasteiger charge is -2.28. The third-order valence-corrected chi connectivity index (χ3v) is 7.18. The van der Waals surface area contributed by atoms with Crippen LogP contribution in [0.25, 0.3) is 11.3 Å². The summed E-state index contributed by atoms with van der Waals surface area (Å²) in [4.78, 5) is 7.25. The molecule has 0 aromatic carbocycles. The van der Waals surface area contributed by atoms with Gasteiger partial charge in [0.25, 0.3) is 0 Å². The fourth-order valence-electron chi connectivity index (χ4n) is 5.18. The third-order valence-electron chi connectivity index (χ3n) is 7.18. The molecule has 2 saturated carbocycles. The summed E-state index contributed by atoms with van der Waals surface area (Å²) in [6.07, 6.45) is 6.96. The second-order valence-electron chi connectivity index (χ2n) is 9.32. The molecule has 2 aromatic rings. The van der Waals surface area contributed by atoms with Gasteiger partial charge in [-0.15, -0.1) is 10.2 Å². The molecule has 0 amide bonds. The highest BCUT2D eigenvalue weighted by Crippen LogP contribution is 2.47. The monoisotopic (exact) mass is 391 g/mol. The van der Waals surface area contributed by atoms with Crippen LogP contribution in [0.15, 0.2) is 30.5 Å². The number of hydrogen-bond donors (Lipinski definition) is 1. The summed E-state index contributed by atoms with van der Waals surface area (Å²) in [6, 6.07) is 8.94. The lowest BCUT2D eigenvalue weighted by Crippen LogP contribution is -2.34. The first-order valence-corrected chi connectivity index (χ1v) is 11.2. The molecule has 6 nitrogen and oxygen atoms in total. The van der Waals surface area contributed by atoms with Gasteiger partial charge >= 0.3 is 0 Å². The van der Waals surface area contributed by atoms with Crippen LogP contribution in [0, 0.1) is 17.8 Å². The lowest BCUT2D eigenvalue weighted by molar-refractivity contribution is 0.0540. The summed E-state index contributed by atoms with van der Waals surface area (Å²) in [5.41, 5.74) is 3.15. The molecule has 0 unspecified atom stereocenters. The van der Waals surface area contributed by atoms with Gasteiger partial charge in [0.2, 0.25) is 0 Å². The summed E-state index contributed by atoms with van der Waals surface area (Å²) in [6.45, 7) is 5.61. The van der Waals surface area contributed by atoms with Crippen molar-refractivity contribution in [2.45, 2.75) is 37.6 Å². The Morgan fingerprint density at radius 2 is 1.79 bits per heavy atom. The van der Waals surface area contributed by atoms with Gasteiger partial charge in [-0.2, -0.15) is 0 Å². The predicted molar refractivity (Wildman–Crippen MR) is 112 cm³/mol. The maximum absolute atomic E-state index is 5.49. The van der Waals surface area contributed by atoms with Crippen LogP contribution in [-0.4, -0.2) is 59.0 Å². The van der Waals surface area contributed by atoms with Crippen LogP contribution >= 0.6 is 0 Å². The average Bonchev–Trinajstić information content (AvgIpc) is 3.68. The molecule has 4 aliphatic rings. The molecule has 0 bridgehead atoms. The standard InChI is InChI=1S/C23H29N5O/c1-2-16(1)20-4-3-17(11-24-20)21-5-6-22(27-26-21)25-23-18-13-28(14-19(18)23)12-15-7-9-29-10-8-15/h3-6,11,15-16,18-19,23H,1-2,7-10,12-14H2,(H,25,27)/t18-,19+,23-. The quantitative estimate of drug-likeness (QED) is 0.816. The smallest absolute Gasteiger partial charge is 0.148 e. The molecule has 1 N–H and O–H groups in total. The second kappa shape index (κ2) is 7.33. The molecule has 6 heteroatoms. The van der Waals surface area contributed by atoms with Gasteiger partial charge in [0, 0.05) is 62.3 Å². The SMILES string of the molecule is c1cc(C2CC2)ncc1-c1ccc(N[C@@H]2[C@@H]3CN(CC4CCOCC4)C[C@@H]32)nn1. The molecule has 29 heavy (non-hydrogen) atoms. The van der Waals surface area contributed by atoms with E-state index in [9.17, 15) is 0 Å². The second-order valence-corrected chi connectivity index (χ2v) is 9.32. The van der Waals surface area contributed by atoms with Crippen LogP contribution in [-0.2, 0) is 4.74 Å². The van der Waals surface area contributed by atoms with Crippen LogP contribution in [0.3, 0.4) is 0 Å². The minimum absolute atomic E-state index is 0.570. The molecule has 2 saturated heterocycles. The van der Waals surface area contributed by atoms with Crippen LogP contribution in [0.2, 0.25) is 0 Å². The Kier molecular flexibility index (Phi) is 4.49. The van der Waals surface area contributed by atoms with Gasteiger partial charge < -0.3 is 15.0 Å². The van der Waals surface area contributed by atoms with Crippen molar-refractivity contribution in [2.75, 3.05) is 38.2 Å². The highest BCUT2D eigenvalue weighted by molar-refractivity contribution is 5.58. The molecule has 2 aliphatic heterocycles. The number of nitrogens with one attached hydrogen (secondary N) is 1. The van der Waals surface area contributed by atoms with Gasteiger partial charge in [-0.3, -0.25) is 4.98 Å². The minimum atomic E-state index is 0.570. The van der Waals surface area contributed by atoms with Crippen molar-refractivity contribution in [3.05, 3.63) is 36.2 Å². The molecular weight excluding hydrogens is 362 g/mol. The zero-order valence-corrected chi connectivity index (χ0v) is 16.8. The molecule has 0 spiro atoms. The van der Waals surface area contributed by atoms with Gasteiger partial charge in [0.1, 0.15) is 5.82 Å². The van der Waals surface area contributed by atoms with E-state index >= 15 is 0 Å². The number of pyridine rings is 1. The maximum atomic E-state index is 5.49. The zero-order valence-electron chi connectivity index (χ0n) is 16.8. The molecule has 152 valence electrons. The fourth-order valence-corrected chi connectivity index (χ4v) is 5.18. The Labute approximate surface area is 172 Å². The van der Waals surface area contributed by atoms with E-state index in [4.69, 9.17) is 4.74 Å². The Bertz CT molecular complexity index is 833. The van der Waals surface area contributed by atoms with E-state index in [1.54, 1.807) is 0 Å². The topological polar surface area (TPSA) is 63.2 Å². The highest BCUT2D eigenvalue weighted by Gasteiger charge is 2.55. The predicted octanol–water partition coefficient (Wildman–Crippen LogP) is 3.18. The van der Waals surface area contributed by atoms with E-state index in [1.807, 2.05) is 6.20 Å². The molecule has 3 atom stereocenters. The van der Waals surface area contributed by atoms with E-state index in [0.717, 1.165) is 48.0 Å². The number of nitrogens with zero attached hydrogens (tertiary/aromatic N) is 4. The molecule has 2 aliphatic carbocycles. The maximum Gasteiger partial charge on any atom is 0.148 e. The van der Waals surface area contributed by atoms with Crippen molar-refractivity contribution in [1.82, 2.24) is 20.1 Å². The van der Waals surface area contributed by atoms with Crippen LogP contribution < -0.4 is 5.32 Å². The van der Waals surface area contributed by atoms with Crippen molar-refractivity contribution in [3.8, 4) is 11.3 Å². The van der Waals surface area contributed by atoms with Crippen molar-refractivity contribution in [3.63, 3.8) is 0 Å². The van der Waals surface area contributed by atoms with Crippen LogP contribution in [0.4, 0.5) is 5.82 Å². The fraction of sp³-hybridized carbons (Fsp3) is 0.609. The number of anilines is 1. The van der Waals surface area contributed by atoms with Gasteiger partial charge in [-0.25, -0.2) is 0 Å². The normalized spacial score (nSPS) is 29.6. The summed E-state index contributed by atoms with van der Waals surface area (Å²) in [5.74, 6) is 3.96. The van der Waals surface area contributed by atoms with E-state index in [-0.39, 0.29) is 0 Å². The number of aromatic nitrogens is 3. The number of rotatable bonds is 6. The van der Waals surface area contributed by atoms with Crippen molar-refractivity contribution >= 4 is 5.82 Å².